The molecule has 0 radical (unpaired) electrons. The number of hydrogen-bond donors (Lipinski definition) is 2. The van der Waals surface area contributed by atoms with Crippen LogP contribution in [0.2, 0.25) is 0 Å². The number of aliphatic carboxylic acids is 1. The lowest BCUT2D eigenvalue weighted by molar-refractivity contribution is -0.137. The Kier molecular flexibility index (Phi) is 8.04. The number of pyridine rings is 1. The average Bonchev–Trinajstić information content (AvgIpc) is 2.57. The fraction of sp³-hybridized carbons (Fsp3) is 0.667. The molecule has 0 amide bonds. The Morgan fingerprint density at radius 2 is 2.08 bits per heavy atom. The van der Waals surface area contributed by atoms with Gasteiger partial charge in [-0.3, -0.25) is 9.69 Å². The van der Waals surface area contributed by atoms with Gasteiger partial charge in [-0.25, -0.2) is 13.8 Å². The minimum Gasteiger partial charge on any atom is -0.481 e. The zero-order chi connectivity index (χ0) is 18.1. The molecule has 1 aromatic rings. The second-order valence-electron chi connectivity index (χ2n) is 6.49. The van der Waals surface area contributed by atoms with Gasteiger partial charge in [0.2, 0.25) is 0 Å². The molecule has 0 atom stereocenters. The van der Waals surface area contributed by atoms with Crippen molar-refractivity contribution in [2.75, 3.05) is 31.5 Å². The molecule has 0 bridgehead atoms. The molecule has 140 valence electrons. The van der Waals surface area contributed by atoms with Crippen molar-refractivity contribution in [3.63, 3.8) is 0 Å². The smallest absolute Gasteiger partial charge is 0.303 e. The molecule has 1 aromatic heterocycles. The number of carbonyl (C=O) groups is 1. The molecule has 0 spiro atoms. The number of carboxylic acids is 1. The molecule has 2 N–H and O–H groups in total. The third kappa shape index (κ3) is 7.34. The van der Waals surface area contributed by atoms with Gasteiger partial charge in [0.15, 0.2) is 0 Å². The molecule has 0 aromatic carbocycles. The van der Waals surface area contributed by atoms with Gasteiger partial charge < -0.3 is 10.4 Å². The lowest BCUT2D eigenvalue weighted by Crippen LogP contribution is -2.31. The third-order valence-corrected chi connectivity index (χ3v) is 4.37. The van der Waals surface area contributed by atoms with Gasteiger partial charge in [0.25, 0.3) is 6.43 Å². The second-order valence-corrected chi connectivity index (χ2v) is 6.49. The number of anilines is 1. The van der Waals surface area contributed by atoms with E-state index >= 15 is 0 Å². The molecule has 0 saturated heterocycles. The van der Waals surface area contributed by atoms with E-state index < -0.39 is 12.4 Å². The summed E-state index contributed by atoms with van der Waals surface area (Å²) in [6.45, 7) is 1.63. The molecule has 0 aliphatic carbocycles. The van der Waals surface area contributed by atoms with Crippen LogP contribution in [-0.2, 0) is 17.6 Å². The number of halogens is 2. The van der Waals surface area contributed by atoms with Gasteiger partial charge in [-0.15, -0.1) is 0 Å². The summed E-state index contributed by atoms with van der Waals surface area (Å²) in [4.78, 5) is 16.8. The molecule has 0 unspecified atom stereocenters. The normalized spacial score (nSPS) is 13.8. The molecule has 25 heavy (non-hydrogen) atoms. The second kappa shape index (κ2) is 10.3. The highest BCUT2D eigenvalue weighted by Crippen LogP contribution is 2.20. The first-order valence-corrected chi connectivity index (χ1v) is 8.99. The number of unbranched alkanes of at least 4 members (excludes halogenated alkanes) is 1. The Hall–Kier alpha value is -1.76. The molecule has 5 nitrogen and oxygen atoms in total. The van der Waals surface area contributed by atoms with Crippen molar-refractivity contribution < 1.29 is 18.7 Å². The summed E-state index contributed by atoms with van der Waals surface area (Å²) in [5.41, 5.74) is 2.29. The highest BCUT2D eigenvalue weighted by molar-refractivity contribution is 5.66. The molecule has 0 fully saturated rings. The maximum Gasteiger partial charge on any atom is 0.303 e. The van der Waals surface area contributed by atoms with Crippen molar-refractivity contribution in [2.45, 2.75) is 51.4 Å². The minimum absolute atomic E-state index is 0.0196. The number of alkyl halides is 2. The number of nitrogens with one attached hydrogen (secondary N) is 1. The predicted molar refractivity (Wildman–Crippen MR) is 93.3 cm³/mol. The van der Waals surface area contributed by atoms with E-state index in [-0.39, 0.29) is 13.0 Å². The highest BCUT2D eigenvalue weighted by atomic mass is 19.3. The SMILES string of the molecule is O=C(O)CCCN(CCCCc1ccc2c(n1)NCCC2)CC(F)F. The number of aromatic nitrogens is 1. The molecule has 1 aliphatic heterocycles. The van der Waals surface area contributed by atoms with Crippen molar-refractivity contribution in [1.82, 2.24) is 9.88 Å². The topological polar surface area (TPSA) is 65.5 Å². The van der Waals surface area contributed by atoms with Crippen LogP contribution in [-0.4, -0.2) is 53.6 Å². The fourth-order valence-corrected chi connectivity index (χ4v) is 3.09. The number of rotatable bonds is 11. The van der Waals surface area contributed by atoms with E-state index in [2.05, 4.69) is 22.4 Å². The Labute approximate surface area is 147 Å². The van der Waals surface area contributed by atoms with E-state index in [0.717, 1.165) is 50.2 Å². The first-order chi connectivity index (χ1) is 12.0. The first-order valence-electron chi connectivity index (χ1n) is 8.99. The van der Waals surface area contributed by atoms with Crippen LogP contribution in [0.5, 0.6) is 0 Å². The molecule has 2 rings (SSSR count). The van der Waals surface area contributed by atoms with Crippen molar-refractivity contribution >= 4 is 11.8 Å². The van der Waals surface area contributed by atoms with Crippen molar-refractivity contribution in [3.8, 4) is 0 Å². The Morgan fingerprint density at radius 3 is 2.84 bits per heavy atom. The molecule has 1 aliphatic rings. The van der Waals surface area contributed by atoms with E-state index in [1.807, 2.05) is 0 Å². The van der Waals surface area contributed by atoms with Gasteiger partial charge in [-0.05, 0) is 63.2 Å². The molecule has 2 heterocycles. The summed E-state index contributed by atoms with van der Waals surface area (Å²) >= 11 is 0. The summed E-state index contributed by atoms with van der Waals surface area (Å²) in [7, 11) is 0. The van der Waals surface area contributed by atoms with Crippen LogP contribution in [0.3, 0.4) is 0 Å². The van der Waals surface area contributed by atoms with E-state index in [4.69, 9.17) is 5.11 Å². The van der Waals surface area contributed by atoms with E-state index in [0.29, 0.717) is 19.5 Å². The standard InChI is InChI=1S/C18H27F2N3O2/c19-16(20)13-23(12-4-7-17(24)25)11-2-1-6-15-9-8-14-5-3-10-21-18(14)22-15/h8-9,16H,1-7,10-13H2,(H,21,22)(H,24,25). The van der Waals surface area contributed by atoms with Gasteiger partial charge in [0.1, 0.15) is 5.82 Å². The maximum atomic E-state index is 12.6. The number of nitrogens with zero attached hydrogens (tertiary/aromatic N) is 2. The molecular formula is C18H27F2N3O2. The molecular weight excluding hydrogens is 328 g/mol. The fourth-order valence-electron chi connectivity index (χ4n) is 3.09. The summed E-state index contributed by atoms with van der Waals surface area (Å²) in [6.07, 6.45) is 2.73. The third-order valence-electron chi connectivity index (χ3n) is 4.37. The molecule has 7 heteroatoms. The number of carboxylic acid groups (broad SMARTS) is 1. The van der Waals surface area contributed by atoms with Gasteiger partial charge >= 0.3 is 5.97 Å². The van der Waals surface area contributed by atoms with Crippen molar-refractivity contribution in [1.29, 1.82) is 0 Å². The van der Waals surface area contributed by atoms with Crippen LogP contribution in [0, 0.1) is 0 Å². The van der Waals surface area contributed by atoms with E-state index in [1.54, 1.807) is 4.90 Å². The van der Waals surface area contributed by atoms with Crippen LogP contribution in [0.4, 0.5) is 14.6 Å². The predicted octanol–water partition coefficient (Wildman–Crippen LogP) is 3.19. The van der Waals surface area contributed by atoms with Gasteiger partial charge in [0, 0.05) is 18.7 Å². The summed E-state index contributed by atoms with van der Waals surface area (Å²) < 4.78 is 25.3. The van der Waals surface area contributed by atoms with Crippen molar-refractivity contribution in [2.24, 2.45) is 0 Å². The first kappa shape index (κ1) is 19.6. The Balaban J connectivity index is 1.72. The number of fused-ring (bicyclic) bond motifs is 1. The van der Waals surface area contributed by atoms with Crippen LogP contribution in [0.25, 0.3) is 0 Å². The highest BCUT2D eigenvalue weighted by Gasteiger charge is 2.13. The minimum atomic E-state index is -2.39. The number of aryl methyl sites for hydroxylation is 2. The summed E-state index contributed by atoms with van der Waals surface area (Å²) in [5, 5.41) is 12.0. The average molecular weight is 355 g/mol. The van der Waals surface area contributed by atoms with Crippen LogP contribution < -0.4 is 5.32 Å². The quantitative estimate of drug-likeness (QED) is 0.597. The van der Waals surface area contributed by atoms with Gasteiger partial charge in [-0.2, -0.15) is 0 Å². The lowest BCUT2D eigenvalue weighted by Gasteiger charge is -2.21. The van der Waals surface area contributed by atoms with E-state index in [9.17, 15) is 13.6 Å². The summed E-state index contributed by atoms with van der Waals surface area (Å²) in [5.74, 6) is 0.0980. The van der Waals surface area contributed by atoms with E-state index in [1.165, 1.54) is 5.56 Å². The Morgan fingerprint density at radius 1 is 1.28 bits per heavy atom. The zero-order valence-corrected chi connectivity index (χ0v) is 14.5. The van der Waals surface area contributed by atoms with Crippen LogP contribution in [0.1, 0.15) is 43.4 Å². The molecule has 0 saturated carbocycles. The van der Waals surface area contributed by atoms with Crippen LogP contribution >= 0.6 is 0 Å². The maximum absolute atomic E-state index is 12.6. The Bertz CT molecular complexity index is 555. The van der Waals surface area contributed by atoms with Crippen molar-refractivity contribution in [3.05, 3.63) is 23.4 Å². The lowest BCUT2D eigenvalue weighted by atomic mass is 10.1. The number of hydrogen-bond acceptors (Lipinski definition) is 4. The van der Waals surface area contributed by atoms with Gasteiger partial charge in [-0.1, -0.05) is 6.07 Å². The van der Waals surface area contributed by atoms with Gasteiger partial charge in [0.05, 0.1) is 6.54 Å². The monoisotopic (exact) mass is 355 g/mol. The van der Waals surface area contributed by atoms with Crippen LogP contribution in [0.15, 0.2) is 12.1 Å². The summed E-state index contributed by atoms with van der Waals surface area (Å²) in [6, 6.07) is 4.18. The largest absolute Gasteiger partial charge is 0.481 e. The zero-order valence-electron chi connectivity index (χ0n) is 14.5.